The molecule has 0 bridgehead atoms. The van der Waals surface area contributed by atoms with Gasteiger partial charge in [-0.05, 0) is 27.2 Å². The van der Waals surface area contributed by atoms with Crippen LogP contribution in [-0.4, -0.2) is 56.6 Å². The lowest BCUT2D eigenvalue weighted by Crippen LogP contribution is -2.60. The molecule has 1 amide bonds. The lowest BCUT2D eigenvalue weighted by molar-refractivity contribution is -0.156. The van der Waals surface area contributed by atoms with E-state index < -0.39 is 40.8 Å². The topological polar surface area (TPSA) is 130 Å². The molecule has 24 heavy (non-hydrogen) atoms. The normalized spacial score (nSPS) is 24.5. The van der Waals surface area contributed by atoms with Crippen LogP contribution in [0.3, 0.4) is 0 Å². The zero-order valence-corrected chi connectivity index (χ0v) is 14.6. The predicted octanol–water partition coefficient (Wildman–Crippen LogP) is 0.255. The molecule has 9 heteroatoms. The summed E-state index contributed by atoms with van der Waals surface area (Å²) in [5, 5.41) is 18.5. The van der Waals surface area contributed by atoms with Crippen LogP contribution in [0.4, 0.5) is 0 Å². The summed E-state index contributed by atoms with van der Waals surface area (Å²) in [4.78, 5) is 36.7. The van der Waals surface area contributed by atoms with Crippen LogP contribution in [0.15, 0.2) is 10.6 Å². The average Bonchev–Trinajstić information content (AvgIpc) is 2.76. The maximum absolute atomic E-state index is 12.0. The number of thioether (sulfide) groups is 1. The first-order valence-electron chi connectivity index (χ1n) is 7.61. The number of hydrogen-bond acceptors (Lipinski definition) is 7. The predicted molar refractivity (Wildman–Crippen MR) is 86.5 cm³/mol. The molecule has 0 saturated carbocycles. The van der Waals surface area contributed by atoms with Crippen LogP contribution in [0, 0.1) is 5.92 Å². The van der Waals surface area contributed by atoms with Crippen LogP contribution in [0.25, 0.3) is 0 Å². The van der Waals surface area contributed by atoms with Gasteiger partial charge in [-0.2, -0.15) is 0 Å². The van der Waals surface area contributed by atoms with E-state index >= 15 is 0 Å². The SMILES string of the molecule is C[C@@H](O)[C@H]1C(=O)N2C(C(=O)O)=C(COC(=O)CCC(C)(C)N)S[C@H]12. The summed E-state index contributed by atoms with van der Waals surface area (Å²) in [6.45, 7) is 4.88. The van der Waals surface area contributed by atoms with Crippen molar-refractivity contribution in [3.8, 4) is 0 Å². The first-order chi connectivity index (χ1) is 11.0. The lowest BCUT2D eigenvalue weighted by atomic mass is 9.92. The molecule has 0 aliphatic carbocycles. The number of rotatable bonds is 7. The molecule has 2 rings (SSSR count). The Kier molecular flexibility index (Phi) is 5.26. The number of carboxylic acid groups (broad SMARTS) is 1. The van der Waals surface area contributed by atoms with Crippen molar-refractivity contribution in [3.63, 3.8) is 0 Å². The lowest BCUT2D eigenvalue weighted by Gasteiger charge is -2.43. The summed E-state index contributed by atoms with van der Waals surface area (Å²) >= 11 is 1.14. The highest BCUT2D eigenvalue weighted by Gasteiger charge is 2.57. The third kappa shape index (κ3) is 3.73. The Labute approximate surface area is 144 Å². The van der Waals surface area contributed by atoms with Crippen LogP contribution in [0.5, 0.6) is 0 Å². The van der Waals surface area contributed by atoms with Crippen LogP contribution in [0.2, 0.25) is 0 Å². The number of ether oxygens (including phenoxy) is 1. The van der Waals surface area contributed by atoms with Crippen molar-refractivity contribution in [3.05, 3.63) is 10.6 Å². The molecular formula is C15H22N2O6S. The van der Waals surface area contributed by atoms with Crippen LogP contribution in [-0.2, 0) is 19.1 Å². The van der Waals surface area contributed by atoms with E-state index in [0.717, 1.165) is 16.7 Å². The fourth-order valence-corrected chi connectivity index (χ4v) is 4.12. The van der Waals surface area contributed by atoms with Gasteiger partial charge in [0.15, 0.2) is 0 Å². The van der Waals surface area contributed by atoms with Crippen molar-refractivity contribution in [1.29, 1.82) is 0 Å². The van der Waals surface area contributed by atoms with Crippen LogP contribution >= 0.6 is 11.8 Å². The molecule has 1 fully saturated rings. The number of hydrogen-bond donors (Lipinski definition) is 3. The third-order valence-electron chi connectivity index (χ3n) is 3.91. The molecule has 3 atom stereocenters. The number of aliphatic hydroxyl groups excluding tert-OH is 1. The van der Waals surface area contributed by atoms with Gasteiger partial charge in [-0.25, -0.2) is 4.79 Å². The molecule has 0 aromatic carbocycles. The van der Waals surface area contributed by atoms with E-state index in [2.05, 4.69) is 0 Å². The summed E-state index contributed by atoms with van der Waals surface area (Å²) in [6.07, 6.45) is -0.289. The number of carbonyl (C=O) groups excluding carboxylic acids is 2. The van der Waals surface area contributed by atoms with E-state index in [1.807, 2.05) is 0 Å². The van der Waals surface area contributed by atoms with Crippen molar-refractivity contribution in [2.75, 3.05) is 6.61 Å². The number of aliphatic carboxylic acids is 1. The van der Waals surface area contributed by atoms with E-state index in [0.29, 0.717) is 11.3 Å². The van der Waals surface area contributed by atoms with E-state index in [9.17, 15) is 24.6 Å². The smallest absolute Gasteiger partial charge is 0.353 e. The average molecular weight is 358 g/mol. The fraction of sp³-hybridized carbons (Fsp3) is 0.667. The van der Waals surface area contributed by atoms with E-state index in [4.69, 9.17) is 10.5 Å². The van der Waals surface area contributed by atoms with Crippen molar-refractivity contribution < 1.29 is 29.3 Å². The van der Waals surface area contributed by atoms with Crippen LogP contribution < -0.4 is 5.73 Å². The Bertz CT molecular complexity index is 595. The molecule has 0 aromatic heterocycles. The number of fused-ring (bicyclic) bond motifs is 1. The Morgan fingerprint density at radius 3 is 2.58 bits per heavy atom. The van der Waals surface area contributed by atoms with Crippen molar-refractivity contribution >= 4 is 29.6 Å². The third-order valence-corrected chi connectivity index (χ3v) is 5.25. The van der Waals surface area contributed by atoms with E-state index in [-0.39, 0.29) is 18.7 Å². The number of nitrogens with zero attached hydrogens (tertiary/aromatic N) is 1. The summed E-state index contributed by atoms with van der Waals surface area (Å²) in [5.41, 5.74) is 5.14. The maximum Gasteiger partial charge on any atom is 0.353 e. The second-order valence-electron chi connectivity index (χ2n) is 6.71. The molecule has 2 aliphatic rings. The van der Waals surface area contributed by atoms with Gasteiger partial charge >= 0.3 is 11.9 Å². The highest BCUT2D eigenvalue weighted by atomic mass is 32.2. The fourth-order valence-electron chi connectivity index (χ4n) is 2.60. The molecule has 4 N–H and O–H groups in total. The molecule has 134 valence electrons. The first kappa shape index (κ1) is 18.8. The van der Waals surface area contributed by atoms with Gasteiger partial charge in [-0.1, -0.05) is 11.8 Å². The summed E-state index contributed by atoms with van der Waals surface area (Å²) in [6, 6.07) is 0. The minimum Gasteiger partial charge on any atom is -0.477 e. The minimum absolute atomic E-state index is 0.131. The van der Waals surface area contributed by atoms with Crippen LogP contribution in [0.1, 0.15) is 33.6 Å². The van der Waals surface area contributed by atoms with Gasteiger partial charge in [-0.15, -0.1) is 0 Å². The molecule has 1 saturated heterocycles. The molecular weight excluding hydrogens is 336 g/mol. The molecule has 8 nitrogen and oxygen atoms in total. The van der Waals surface area contributed by atoms with Gasteiger partial charge in [0.25, 0.3) is 0 Å². The molecule has 0 spiro atoms. The van der Waals surface area contributed by atoms with Gasteiger partial charge in [0.05, 0.1) is 16.9 Å². The van der Waals surface area contributed by atoms with Crippen molar-refractivity contribution in [2.45, 2.75) is 50.6 Å². The number of nitrogens with two attached hydrogens (primary N) is 1. The quantitative estimate of drug-likeness (QED) is 0.436. The molecule has 0 radical (unpaired) electrons. The largest absolute Gasteiger partial charge is 0.477 e. The number of amides is 1. The summed E-state index contributed by atoms with van der Waals surface area (Å²) in [5.74, 6) is -2.79. The second kappa shape index (κ2) is 6.73. The molecule has 2 heterocycles. The Hall–Kier alpha value is -1.58. The number of β-lactam (4-membered cyclic amide) rings is 1. The minimum atomic E-state index is -1.25. The zero-order valence-electron chi connectivity index (χ0n) is 13.8. The molecule has 0 unspecified atom stereocenters. The zero-order chi connectivity index (χ0) is 18.2. The standard InChI is InChI=1S/C15H22N2O6S/c1-7(18)10-12(20)17-11(14(21)22)8(24-13(10)17)6-23-9(19)4-5-15(2,3)16/h7,10,13,18H,4-6,16H2,1-3H3,(H,21,22)/t7-,10+,13-/m1/s1. The molecule has 2 aliphatic heterocycles. The van der Waals surface area contributed by atoms with Crippen molar-refractivity contribution in [1.82, 2.24) is 4.90 Å². The summed E-state index contributed by atoms with van der Waals surface area (Å²) in [7, 11) is 0. The summed E-state index contributed by atoms with van der Waals surface area (Å²) < 4.78 is 5.12. The highest BCUT2D eigenvalue weighted by Crippen LogP contribution is 2.50. The van der Waals surface area contributed by atoms with Gasteiger partial charge in [0.2, 0.25) is 5.91 Å². The van der Waals surface area contributed by atoms with E-state index in [1.165, 1.54) is 6.92 Å². The second-order valence-corrected chi connectivity index (χ2v) is 7.92. The van der Waals surface area contributed by atoms with Gasteiger partial charge < -0.3 is 20.7 Å². The van der Waals surface area contributed by atoms with Gasteiger partial charge in [-0.3, -0.25) is 14.5 Å². The Morgan fingerprint density at radius 1 is 1.46 bits per heavy atom. The number of carbonyl (C=O) groups is 3. The number of aliphatic hydroxyl groups is 1. The number of carboxylic acids is 1. The molecule has 0 aromatic rings. The first-order valence-corrected chi connectivity index (χ1v) is 8.49. The Balaban J connectivity index is 2.01. The monoisotopic (exact) mass is 358 g/mol. The maximum atomic E-state index is 12.0. The number of esters is 1. The van der Waals surface area contributed by atoms with E-state index in [1.54, 1.807) is 13.8 Å². The van der Waals surface area contributed by atoms with Gasteiger partial charge in [0.1, 0.15) is 17.7 Å². The van der Waals surface area contributed by atoms with Crippen molar-refractivity contribution in [2.24, 2.45) is 11.7 Å². The Morgan fingerprint density at radius 2 is 2.08 bits per heavy atom. The van der Waals surface area contributed by atoms with Gasteiger partial charge in [0, 0.05) is 12.0 Å². The highest BCUT2D eigenvalue weighted by molar-refractivity contribution is 8.04.